The minimum absolute atomic E-state index is 0.00662. The predicted octanol–water partition coefficient (Wildman–Crippen LogP) is 1.05. The summed E-state index contributed by atoms with van der Waals surface area (Å²) in [6, 6.07) is 0. The van der Waals surface area contributed by atoms with Gasteiger partial charge in [-0.15, -0.1) is 11.3 Å². The Morgan fingerprint density at radius 2 is 2.16 bits per heavy atom. The normalized spacial score (nSPS) is 9.95. The second kappa shape index (κ2) is 7.47. The van der Waals surface area contributed by atoms with E-state index in [2.05, 4.69) is 10.3 Å². The van der Waals surface area contributed by atoms with Crippen molar-refractivity contribution in [3.05, 3.63) is 11.1 Å². The predicted molar refractivity (Wildman–Crippen MR) is 68.0 cm³/mol. The van der Waals surface area contributed by atoms with Gasteiger partial charge in [-0.05, 0) is 6.92 Å². The van der Waals surface area contributed by atoms with Crippen LogP contribution in [0.4, 0.5) is 5.13 Å². The van der Waals surface area contributed by atoms with Crippen molar-refractivity contribution in [3.63, 3.8) is 0 Å². The second-order valence-corrected chi connectivity index (χ2v) is 4.43. The molecule has 0 aliphatic carbocycles. The summed E-state index contributed by atoms with van der Waals surface area (Å²) < 4.78 is 4.69. The largest absolute Gasteiger partial charge is 0.481 e. The van der Waals surface area contributed by atoms with Crippen molar-refractivity contribution in [2.45, 2.75) is 26.2 Å². The molecular formula is C11H14N2O5S. The third-order valence-electron chi connectivity index (χ3n) is 1.99. The molecule has 1 amide bonds. The summed E-state index contributed by atoms with van der Waals surface area (Å²) in [6.45, 7) is 1.98. The van der Waals surface area contributed by atoms with E-state index in [0.717, 1.165) is 11.3 Å². The number of anilines is 1. The van der Waals surface area contributed by atoms with Crippen molar-refractivity contribution in [1.29, 1.82) is 0 Å². The molecule has 0 spiro atoms. The van der Waals surface area contributed by atoms with E-state index in [9.17, 15) is 14.4 Å². The van der Waals surface area contributed by atoms with E-state index >= 15 is 0 Å². The van der Waals surface area contributed by atoms with Gasteiger partial charge in [-0.25, -0.2) is 4.98 Å². The number of thiazole rings is 1. The first-order valence-electron chi connectivity index (χ1n) is 5.63. The number of nitrogens with one attached hydrogen (secondary N) is 1. The molecule has 0 aliphatic heterocycles. The number of nitrogens with zero attached hydrogens (tertiary/aromatic N) is 1. The summed E-state index contributed by atoms with van der Waals surface area (Å²) in [5, 5.41) is 13.0. The van der Waals surface area contributed by atoms with Gasteiger partial charge in [0.2, 0.25) is 5.91 Å². The monoisotopic (exact) mass is 286 g/mol. The number of amides is 1. The molecule has 0 saturated carbocycles. The topological polar surface area (TPSA) is 106 Å². The SMILES string of the molecule is CCOC(=O)CCC(=O)Nc1nc(CC(=O)O)cs1. The number of hydrogen-bond acceptors (Lipinski definition) is 6. The Morgan fingerprint density at radius 1 is 1.42 bits per heavy atom. The highest BCUT2D eigenvalue weighted by atomic mass is 32.1. The molecule has 1 aromatic rings. The van der Waals surface area contributed by atoms with Crippen molar-refractivity contribution < 1.29 is 24.2 Å². The third-order valence-corrected chi connectivity index (χ3v) is 2.80. The van der Waals surface area contributed by atoms with Gasteiger partial charge in [0.1, 0.15) is 0 Å². The zero-order valence-corrected chi connectivity index (χ0v) is 11.2. The van der Waals surface area contributed by atoms with Gasteiger partial charge in [0.25, 0.3) is 0 Å². The van der Waals surface area contributed by atoms with E-state index in [4.69, 9.17) is 9.84 Å². The number of rotatable bonds is 7. The van der Waals surface area contributed by atoms with Gasteiger partial charge in [0.15, 0.2) is 5.13 Å². The molecule has 1 rings (SSSR count). The fourth-order valence-electron chi connectivity index (χ4n) is 1.23. The maximum Gasteiger partial charge on any atom is 0.309 e. The van der Waals surface area contributed by atoms with Gasteiger partial charge in [0.05, 0.1) is 25.1 Å². The molecule has 1 heterocycles. The lowest BCUT2D eigenvalue weighted by molar-refractivity contribution is -0.144. The van der Waals surface area contributed by atoms with E-state index < -0.39 is 11.9 Å². The molecule has 0 radical (unpaired) electrons. The number of carboxylic acids is 1. The summed E-state index contributed by atoms with van der Waals surface area (Å²) in [7, 11) is 0. The Kier molecular flexibility index (Phi) is 5.94. The standard InChI is InChI=1S/C11H14N2O5S/c1-2-18-10(17)4-3-8(14)13-11-12-7(6-19-11)5-9(15)16/h6H,2-5H2,1H3,(H,15,16)(H,12,13,14). The van der Waals surface area contributed by atoms with Crippen LogP contribution in [-0.4, -0.2) is 34.5 Å². The second-order valence-electron chi connectivity index (χ2n) is 3.57. The fraction of sp³-hybridized carbons (Fsp3) is 0.455. The Hall–Kier alpha value is -1.96. The van der Waals surface area contributed by atoms with Crippen LogP contribution in [0, 0.1) is 0 Å². The van der Waals surface area contributed by atoms with E-state index in [0.29, 0.717) is 10.8 Å². The lowest BCUT2D eigenvalue weighted by atomic mass is 10.3. The number of aromatic nitrogens is 1. The first kappa shape index (κ1) is 15.1. The number of hydrogen-bond donors (Lipinski definition) is 2. The Balaban J connectivity index is 2.38. The molecule has 0 atom stereocenters. The van der Waals surface area contributed by atoms with Crippen molar-refractivity contribution in [2.24, 2.45) is 0 Å². The number of aliphatic carboxylic acids is 1. The van der Waals surface area contributed by atoms with Crippen LogP contribution < -0.4 is 5.32 Å². The van der Waals surface area contributed by atoms with Crippen molar-refractivity contribution >= 4 is 34.3 Å². The van der Waals surface area contributed by atoms with E-state index in [1.807, 2.05) is 0 Å². The lowest BCUT2D eigenvalue weighted by Crippen LogP contribution is -2.14. The molecular weight excluding hydrogens is 272 g/mol. The molecule has 19 heavy (non-hydrogen) atoms. The van der Waals surface area contributed by atoms with Crippen LogP contribution in [0.5, 0.6) is 0 Å². The Labute approximate surface area is 113 Å². The summed E-state index contributed by atoms with van der Waals surface area (Å²) in [5.74, 6) is -1.77. The van der Waals surface area contributed by atoms with Gasteiger partial charge in [-0.3, -0.25) is 14.4 Å². The zero-order chi connectivity index (χ0) is 14.3. The molecule has 0 unspecified atom stereocenters. The van der Waals surface area contributed by atoms with Crippen LogP contribution in [0.3, 0.4) is 0 Å². The zero-order valence-electron chi connectivity index (χ0n) is 10.3. The summed E-state index contributed by atoms with van der Waals surface area (Å²) in [5.41, 5.74) is 0.387. The first-order chi connectivity index (χ1) is 9.01. The minimum atomic E-state index is -0.981. The smallest absolute Gasteiger partial charge is 0.309 e. The van der Waals surface area contributed by atoms with E-state index in [1.165, 1.54) is 0 Å². The Morgan fingerprint density at radius 3 is 2.79 bits per heavy atom. The molecule has 0 aliphatic rings. The molecule has 8 heteroatoms. The van der Waals surface area contributed by atoms with Gasteiger partial charge < -0.3 is 15.2 Å². The maximum absolute atomic E-state index is 11.5. The van der Waals surface area contributed by atoms with Gasteiger partial charge in [0, 0.05) is 11.8 Å². The van der Waals surface area contributed by atoms with Crippen molar-refractivity contribution in [2.75, 3.05) is 11.9 Å². The average molecular weight is 286 g/mol. The first-order valence-corrected chi connectivity index (χ1v) is 6.51. The molecule has 7 nitrogen and oxygen atoms in total. The van der Waals surface area contributed by atoms with Crippen LogP contribution in [-0.2, 0) is 25.5 Å². The number of carbonyl (C=O) groups is 3. The summed E-state index contributed by atoms with van der Waals surface area (Å²) >= 11 is 1.14. The lowest BCUT2D eigenvalue weighted by Gasteiger charge is -2.02. The number of carbonyl (C=O) groups excluding carboxylic acids is 2. The fourth-order valence-corrected chi connectivity index (χ4v) is 1.96. The van der Waals surface area contributed by atoms with E-state index in [1.54, 1.807) is 12.3 Å². The Bertz CT molecular complexity index is 471. The van der Waals surface area contributed by atoms with Gasteiger partial charge in [-0.2, -0.15) is 0 Å². The molecule has 104 valence electrons. The number of ether oxygens (including phenoxy) is 1. The molecule has 0 saturated heterocycles. The quantitative estimate of drug-likeness (QED) is 0.726. The maximum atomic E-state index is 11.5. The minimum Gasteiger partial charge on any atom is -0.481 e. The molecule has 0 bridgehead atoms. The van der Waals surface area contributed by atoms with Crippen LogP contribution in [0.25, 0.3) is 0 Å². The average Bonchev–Trinajstić information content (AvgIpc) is 2.73. The van der Waals surface area contributed by atoms with Crippen molar-refractivity contribution in [3.8, 4) is 0 Å². The third kappa shape index (κ3) is 5.96. The van der Waals surface area contributed by atoms with Crippen LogP contribution in [0.15, 0.2) is 5.38 Å². The van der Waals surface area contributed by atoms with Crippen LogP contribution >= 0.6 is 11.3 Å². The summed E-state index contributed by atoms with van der Waals surface area (Å²) in [4.78, 5) is 36.9. The van der Waals surface area contributed by atoms with Gasteiger partial charge >= 0.3 is 11.9 Å². The molecule has 1 aromatic heterocycles. The molecule has 2 N–H and O–H groups in total. The highest BCUT2D eigenvalue weighted by Crippen LogP contribution is 2.16. The highest BCUT2D eigenvalue weighted by molar-refractivity contribution is 7.13. The van der Waals surface area contributed by atoms with Crippen LogP contribution in [0.1, 0.15) is 25.5 Å². The van der Waals surface area contributed by atoms with Crippen molar-refractivity contribution in [1.82, 2.24) is 4.98 Å². The number of esters is 1. The van der Waals surface area contributed by atoms with Gasteiger partial charge in [-0.1, -0.05) is 0 Å². The van der Waals surface area contributed by atoms with E-state index in [-0.39, 0.29) is 31.8 Å². The molecule has 0 fully saturated rings. The number of carboxylic acid groups (broad SMARTS) is 1. The highest BCUT2D eigenvalue weighted by Gasteiger charge is 2.11. The molecule has 0 aromatic carbocycles. The van der Waals surface area contributed by atoms with Crippen LogP contribution in [0.2, 0.25) is 0 Å². The summed E-state index contributed by atoms with van der Waals surface area (Å²) in [6.07, 6.45) is -0.172.